The van der Waals surface area contributed by atoms with E-state index < -0.39 is 10.0 Å². The van der Waals surface area contributed by atoms with Crippen LogP contribution in [0.25, 0.3) is 0 Å². The van der Waals surface area contributed by atoms with Crippen LogP contribution in [-0.4, -0.2) is 35.3 Å². The first-order valence-corrected chi connectivity index (χ1v) is 13.2. The van der Waals surface area contributed by atoms with Crippen molar-refractivity contribution in [3.8, 4) is 6.07 Å². The van der Waals surface area contributed by atoms with Gasteiger partial charge in [0.2, 0.25) is 0 Å². The number of nitriles is 1. The van der Waals surface area contributed by atoms with Crippen LogP contribution in [0.3, 0.4) is 0 Å². The molecule has 5 rings (SSSR count). The van der Waals surface area contributed by atoms with Gasteiger partial charge in [-0.05, 0) is 47.2 Å². The van der Waals surface area contributed by atoms with Crippen LogP contribution >= 0.6 is 11.3 Å². The Hall–Kier alpha value is -3.45. The number of anilines is 1. The zero-order chi connectivity index (χ0) is 23.5. The molecule has 0 unspecified atom stereocenters. The van der Waals surface area contributed by atoms with Gasteiger partial charge in [0.15, 0.2) is 0 Å². The average Bonchev–Trinajstić information content (AvgIpc) is 3.55. The topological polar surface area (TPSA) is 93.1 Å². The highest BCUT2D eigenvalue weighted by Crippen LogP contribution is 2.34. The molecule has 0 aliphatic carbocycles. The lowest BCUT2D eigenvalue weighted by Gasteiger charge is -2.31. The standard InChI is InChI=1S/C25H23N5O2S2/c26-13-20-8-9-24-21(11-20)15-30(34(31,32)25-7-4-10-33-25)23(12-19-5-2-1-3-6-19)17-29(24)16-22-14-27-18-28-22/h1-11,14,18,23H,12,15-17H2,(H,27,28)/t23-/m0/s1. The Balaban J connectivity index is 1.62. The summed E-state index contributed by atoms with van der Waals surface area (Å²) in [5, 5.41) is 11.3. The number of thiophene rings is 1. The molecule has 0 saturated heterocycles. The molecule has 0 bridgehead atoms. The van der Waals surface area contributed by atoms with Crippen LogP contribution in [0.1, 0.15) is 22.4 Å². The Morgan fingerprint density at radius 3 is 2.71 bits per heavy atom. The summed E-state index contributed by atoms with van der Waals surface area (Å²) in [5.41, 5.74) is 4.26. The van der Waals surface area contributed by atoms with Gasteiger partial charge in [0.25, 0.3) is 10.0 Å². The number of fused-ring (bicyclic) bond motifs is 1. The molecule has 1 atom stereocenters. The number of nitrogens with zero attached hydrogens (tertiary/aromatic N) is 4. The summed E-state index contributed by atoms with van der Waals surface area (Å²) in [6.07, 6.45) is 3.99. The number of hydrogen-bond acceptors (Lipinski definition) is 6. The third kappa shape index (κ3) is 4.48. The summed E-state index contributed by atoms with van der Waals surface area (Å²) in [6.45, 7) is 1.25. The zero-order valence-corrected chi connectivity index (χ0v) is 20.0. The lowest BCUT2D eigenvalue weighted by Crippen LogP contribution is -2.45. The predicted molar refractivity (Wildman–Crippen MR) is 132 cm³/mol. The van der Waals surface area contributed by atoms with Gasteiger partial charge in [0, 0.05) is 31.0 Å². The van der Waals surface area contributed by atoms with E-state index in [0.29, 0.717) is 29.3 Å². The third-order valence-electron chi connectivity index (χ3n) is 6.00. The lowest BCUT2D eigenvalue weighted by atomic mass is 10.1. The van der Waals surface area contributed by atoms with Crippen molar-refractivity contribution in [1.82, 2.24) is 14.3 Å². The van der Waals surface area contributed by atoms with Gasteiger partial charge in [0.05, 0.1) is 30.2 Å². The van der Waals surface area contributed by atoms with Crippen LogP contribution in [0.4, 0.5) is 5.69 Å². The van der Waals surface area contributed by atoms with Crippen LogP contribution in [-0.2, 0) is 29.5 Å². The van der Waals surface area contributed by atoms with E-state index >= 15 is 0 Å². The summed E-state index contributed by atoms with van der Waals surface area (Å²) >= 11 is 1.22. The number of aromatic amines is 1. The number of imidazole rings is 1. The number of H-pyrrole nitrogens is 1. The van der Waals surface area contributed by atoms with E-state index in [2.05, 4.69) is 20.9 Å². The van der Waals surface area contributed by atoms with Gasteiger partial charge in [0.1, 0.15) is 4.21 Å². The van der Waals surface area contributed by atoms with Crippen molar-refractivity contribution in [2.45, 2.75) is 29.8 Å². The molecule has 1 aliphatic heterocycles. The molecule has 7 nitrogen and oxygen atoms in total. The molecule has 1 aliphatic rings. The van der Waals surface area contributed by atoms with Crippen molar-refractivity contribution in [3.63, 3.8) is 0 Å². The second kappa shape index (κ2) is 9.43. The minimum Gasteiger partial charge on any atom is -0.364 e. The number of rotatable bonds is 6. The Labute approximate surface area is 203 Å². The van der Waals surface area contributed by atoms with E-state index in [9.17, 15) is 13.7 Å². The molecule has 3 heterocycles. The van der Waals surface area contributed by atoms with Crippen LogP contribution < -0.4 is 4.90 Å². The number of hydrogen-bond donors (Lipinski definition) is 1. The molecule has 9 heteroatoms. The Kier molecular flexibility index (Phi) is 6.20. The molecule has 2 aromatic carbocycles. The average molecular weight is 490 g/mol. The summed E-state index contributed by atoms with van der Waals surface area (Å²) < 4.78 is 29.6. The van der Waals surface area contributed by atoms with Crippen LogP contribution in [0, 0.1) is 11.3 Å². The van der Waals surface area contributed by atoms with Crippen molar-refractivity contribution in [2.75, 3.05) is 11.4 Å². The van der Waals surface area contributed by atoms with Gasteiger partial charge in [-0.2, -0.15) is 9.57 Å². The molecular weight excluding hydrogens is 466 g/mol. The van der Waals surface area contributed by atoms with Gasteiger partial charge in [-0.25, -0.2) is 13.4 Å². The number of nitrogens with one attached hydrogen (secondary N) is 1. The first kappa shape index (κ1) is 22.3. The first-order chi connectivity index (χ1) is 16.5. The minimum absolute atomic E-state index is 0.196. The molecule has 2 aromatic heterocycles. The number of sulfonamides is 1. The van der Waals surface area contributed by atoms with E-state index in [1.54, 1.807) is 46.5 Å². The lowest BCUT2D eigenvalue weighted by molar-refractivity contribution is 0.318. The highest BCUT2D eigenvalue weighted by atomic mass is 32.2. The molecule has 0 spiro atoms. The molecule has 0 amide bonds. The summed E-state index contributed by atoms with van der Waals surface area (Å²) in [4.78, 5) is 9.47. The highest BCUT2D eigenvalue weighted by molar-refractivity contribution is 7.91. The van der Waals surface area contributed by atoms with Crippen LogP contribution in [0.5, 0.6) is 0 Å². The maximum absolute atomic E-state index is 13.8. The maximum atomic E-state index is 13.8. The number of aromatic nitrogens is 2. The second-order valence-corrected chi connectivity index (χ2v) is 11.3. The molecule has 1 N–H and O–H groups in total. The molecule has 0 saturated carbocycles. The van der Waals surface area contributed by atoms with E-state index in [0.717, 1.165) is 22.5 Å². The summed E-state index contributed by atoms with van der Waals surface area (Å²) in [7, 11) is -3.74. The third-order valence-corrected chi connectivity index (χ3v) is 9.27. The van der Waals surface area contributed by atoms with Crippen molar-refractivity contribution in [3.05, 3.63) is 101 Å². The molecule has 172 valence electrons. The van der Waals surface area contributed by atoms with Gasteiger partial charge in [-0.3, -0.25) is 0 Å². The van der Waals surface area contributed by atoms with Gasteiger partial charge < -0.3 is 9.88 Å². The fourth-order valence-electron chi connectivity index (χ4n) is 4.42. The van der Waals surface area contributed by atoms with Gasteiger partial charge >= 0.3 is 0 Å². The van der Waals surface area contributed by atoms with Crippen molar-refractivity contribution in [1.29, 1.82) is 5.26 Å². The molecular formula is C25H23N5O2S2. The number of benzene rings is 2. The quantitative estimate of drug-likeness (QED) is 0.439. The predicted octanol–water partition coefficient (Wildman–Crippen LogP) is 4.17. The molecule has 4 aromatic rings. The molecule has 34 heavy (non-hydrogen) atoms. The monoisotopic (exact) mass is 489 g/mol. The zero-order valence-electron chi connectivity index (χ0n) is 18.3. The van der Waals surface area contributed by atoms with E-state index in [1.165, 1.54) is 11.3 Å². The normalized spacial score (nSPS) is 16.6. The summed E-state index contributed by atoms with van der Waals surface area (Å²) in [6, 6.07) is 20.8. The summed E-state index contributed by atoms with van der Waals surface area (Å²) in [5.74, 6) is 0. The van der Waals surface area contributed by atoms with E-state index in [-0.39, 0.29) is 12.6 Å². The van der Waals surface area contributed by atoms with Crippen molar-refractivity contribution >= 4 is 27.0 Å². The Bertz CT molecular complexity index is 1400. The fourth-order valence-corrected chi connectivity index (χ4v) is 7.13. The van der Waals surface area contributed by atoms with Crippen LogP contribution in [0.15, 0.2) is 82.8 Å². The maximum Gasteiger partial charge on any atom is 0.253 e. The van der Waals surface area contributed by atoms with E-state index in [1.807, 2.05) is 36.4 Å². The molecule has 0 radical (unpaired) electrons. The Morgan fingerprint density at radius 1 is 1.15 bits per heavy atom. The minimum atomic E-state index is -3.74. The molecule has 0 fully saturated rings. The van der Waals surface area contributed by atoms with Gasteiger partial charge in [-0.1, -0.05) is 36.4 Å². The largest absolute Gasteiger partial charge is 0.364 e. The first-order valence-electron chi connectivity index (χ1n) is 10.9. The fraction of sp³-hybridized carbons (Fsp3) is 0.200. The second-order valence-electron chi connectivity index (χ2n) is 8.24. The van der Waals surface area contributed by atoms with Gasteiger partial charge in [-0.15, -0.1) is 11.3 Å². The van der Waals surface area contributed by atoms with Crippen molar-refractivity contribution in [2.24, 2.45) is 0 Å². The van der Waals surface area contributed by atoms with Crippen LogP contribution in [0.2, 0.25) is 0 Å². The highest BCUT2D eigenvalue weighted by Gasteiger charge is 2.37. The van der Waals surface area contributed by atoms with Crippen molar-refractivity contribution < 1.29 is 8.42 Å². The SMILES string of the molecule is N#Cc1ccc2c(c1)CN(S(=O)(=O)c1cccs1)[C@@H](Cc1ccccc1)CN2Cc1cnc[nH]1. The van der Waals surface area contributed by atoms with E-state index in [4.69, 9.17) is 0 Å². The smallest absolute Gasteiger partial charge is 0.253 e. The Morgan fingerprint density at radius 2 is 2.00 bits per heavy atom.